The van der Waals surface area contributed by atoms with Gasteiger partial charge in [-0.15, -0.1) is 0 Å². The molecule has 0 aliphatic heterocycles. The Balaban J connectivity index is 1.28. The molecule has 0 aliphatic carbocycles. The molecule has 0 spiro atoms. The van der Waals surface area contributed by atoms with Crippen LogP contribution in [0.4, 0.5) is 24.5 Å². The number of unbranched alkanes of at least 4 members (excludes halogenated alkanes) is 2. The Hall–Kier alpha value is -5.04. The minimum Gasteiger partial charge on any atom is -0.494 e. The summed E-state index contributed by atoms with van der Waals surface area (Å²) >= 11 is 0. The van der Waals surface area contributed by atoms with Gasteiger partial charge in [-0.2, -0.15) is 13.2 Å². The molecule has 0 aliphatic rings. The highest BCUT2D eigenvalue weighted by Gasteiger charge is 2.25. The quantitative estimate of drug-likeness (QED) is 0.0589. The summed E-state index contributed by atoms with van der Waals surface area (Å²) in [7, 11) is 0. The Bertz CT molecular complexity index is 1440. The number of hydrogen-bond donors (Lipinski definition) is 2. The van der Waals surface area contributed by atoms with Gasteiger partial charge < -0.3 is 35.2 Å². The van der Waals surface area contributed by atoms with E-state index in [0.717, 1.165) is 0 Å². The second-order valence-electron chi connectivity index (χ2n) is 9.89. The summed E-state index contributed by atoms with van der Waals surface area (Å²) in [5, 5.41) is 0. The smallest absolute Gasteiger partial charge is 0.389 e. The molecule has 0 heterocycles. The van der Waals surface area contributed by atoms with Crippen molar-refractivity contribution in [3.63, 3.8) is 0 Å². The minimum absolute atomic E-state index is 0.00374. The first-order valence-corrected chi connectivity index (χ1v) is 14.4. The average Bonchev–Trinajstić information content (AvgIpc) is 3.01. The molecule has 246 valence electrons. The van der Waals surface area contributed by atoms with Crippen LogP contribution in [0, 0.1) is 0 Å². The van der Waals surface area contributed by atoms with E-state index in [4.69, 9.17) is 35.2 Å². The molecule has 4 N–H and O–H groups in total. The molecule has 0 amide bonds. The van der Waals surface area contributed by atoms with Gasteiger partial charge in [-0.05, 0) is 85.5 Å². The molecule has 13 heteroatoms. The third-order valence-electron chi connectivity index (χ3n) is 6.11. The predicted octanol–water partition coefficient (Wildman–Crippen LogP) is 6.00. The van der Waals surface area contributed by atoms with E-state index in [-0.39, 0.29) is 50.6 Å². The summed E-state index contributed by atoms with van der Waals surface area (Å²) < 4.78 is 62.8. The number of rotatable bonds is 17. The number of carbonyl (C=O) groups excluding carboxylic acids is 3. The Kier molecular flexibility index (Phi) is 13.9. The SMILES string of the molecule is Nc1cc(N)cc(C(=O)OCCOCCOC(=O)C=Cc2ccc(OC(=O)c3ccc(OCCCCCC(F)(F)F)cc3)cc2)c1. The molecule has 3 rings (SSSR count). The first-order chi connectivity index (χ1) is 22.0. The molecular formula is C33H35F3N2O8. The Morgan fingerprint density at radius 2 is 1.30 bits per heavy atom. The Labute approximate surface area is 264 Å². The highest BCUT2D eigenvalue weighted by atomic mass is 19.4. The van der Waals surface area contributed by atoms with Crippen molar-refractivity contribution in [2.45, 2.75) is 31.9 Å². The standard InChI is InChI=1S/C33H35F3N2O8/c34-33(35,36)14-2-1-3-15-43-28-11-7-24(8-12-28)32(41)46-29-9-4-23(5-10-29)6-13-30(39)44-18-16-42-17-19-45-31(40)25-20-26(37)22-27(38)21-25/h4-13,20-22H,1-3,14-19,37-38H2. The van der Waals surface area contributed by atoms with E-state index in [9.17, 15) is 27.6 Å². The number of esters is 3. The summed E-state index contributed by atoms with van der Waals surface area (Å²) in [6, 6.07) is 17.1. The lowest BCUT2D eigenvalue weighted by Gasteiger charge is -2.08. The van der Waals surface area contributed by atoms with Crippen molar-refractivity contribution >= 4 is 35.4 Å². The number of benzene rings is 3. The molecule has 46 heavy (non-hydrogen) atoms. The third-order valence-corrected chi connectivity index (χ3v) is 6.11. The lowest BCUT2D eigenvalue weighted by Crippen LogP contribution is -2.14. The first kappa shape index (κ1) is 35.4. The van der Waals surface area contributed by atoms with Crippen LogP contribution in [0.5, 0.6) is 11.5 Å². The van der Waals surface area contributed by atoms with Gasteiger partial charge in [0.15, 0.2) is 0 Å². The van der Waals surface area contributed by atoms with Crippen LogP contribution >= 0.6 is 0 Å². The van der Waals surface area contributed by atoms with Crippen molar-refractivity contribution in [1.29, 1.82) is 0 Å². The Morgan fingerprint density at radius 1 is 0.674 bits per heavy atom. The maximum absolute atomic E-state index is 12.5. The monoisotopic (exact) mass is 644 g/mol. The molecule has 10 nitrogen and oxygen atoms in total. The topological polar surface area (TPSA) is 149 Å². The molecule has 0 saturated heterocycles. The van der Waals surface area contributed by atoms with Gasteiger partial charge in [-0.3, -0.25) is 0 Å². The normalized spacial score (nSPS) is 11.3. The summed E-state index contributed by atoms with van der Waals surface area (Å²) in [4.78, 5) is 36.4. The van der Waals surface area contributed by atoms with Crippen molar-refractivity contribution in [3.05, 3.63) is 89.5 Å². The van der Waals surface area contributed by atoms with E-state index >= 15 is 0 Å². The zero-order valence-corrected chi connectivity index (χ0v) is 24.9. The number of hydrogen-bond acceptors (Lipinski definition) is 10. The van der Waals surface area contributed by atoms with Crippen LogP contribution in [0.1, 0.15) is 52.0 Å². The number of nitrogen functional groups attached to an aromatic ring is 2. The van der Waals surface area contributed by atoms with Crippen molar-refractivity contribution in [2.24, 2.45) is 0 Å². The predicted molar refractivity (Wildman–Crippen MR) is 164 cm³/mol. The number of carbonyl (C=O) groups is 3. The lowest BCUT2D eigenvalue weighted by molar-refractivity contribution is -0.139. The Morgan fingerprint density at radius 3 is 1.96 bits per heavy atom. The van der Waals surface area contributed by atoms with Crippen molar-refractivity contribution in [3.8, 4) is 11.5 Å². The van der Waals surface area contributed by atoms with Crippen LogP contribution < -0.4 is 20.9 Å². The molecular weight excluding hydrogens is 609 g/mol. The summed E-state index contributed by atoms with van der Waals surface area (Å²) in [5.41, 5.74) is 13.2. The van der Waals surface area contributed by atoms with Gasteiger partial charge in [0.1, 0.15) is 24.7 Å². The molecule has 3 aromatic rings. The number of halogens is 3. The van der Waals surface area contributed by atoms with E-state index in [2.05, 4.69) is 0 Å². The molecule has 0 fully saturated rings. The van der Waals surface area contributed by atoms with Gasteiger partial charge in [0, 0.05) is 23.9 Å². The van der Waals surface area contributed by atoms with Crippen LogP contribution in [0.25, 0.3) is 6.08 Å². The van der Waals surface area contributed by atoms with Gasteiger partial charge in [0.25, 0.3) is 0 Å². The van der Waals surface area contributed by atoms with Gasteiger partial charge in [-0.1, -0.05) is 12.1 Å². The first-order valence-electron chi connectivity index (χ1n) is 14.4. The van der Waals surface area contributed by atoms with Crippen LogP contribution in [0.15, 0.2) is 72.8 Å². The molecule has 0 saturated carbocycles. The van der Waals surface area contributed by atoms with Crippen LogP contribution in [0.2, 0.25) is 0 Å². The zero-order valence-electron chi connectivity index (χ0n) is 24.9. The van der Waals surface area contributed by atoms with Gasteiger partial charge in [-0.25, -0.2) is 14.4 Å². The summed E-state index contributed by atoms with van der Waals surface area (Å²) in [5.74, 6) is -0.963. The average molecular weight is 645 g/mol. The second-order valence-corrected chi connectivity index (χ2v) is 9.89. The van der Waals surface area contributed by atoms with Crippen LogP contribution in [0.3, 0.4) is 0 Å². The van der Waals surface area contributed by atoms with Gasteiger partial charge in [0.2, 0.25) is 0 Å². The second kappa shape index (κ2) is 18.1. The minimum atomic E-state index is -4.14. The fraction of sp³-hybridized carbons (Fsp3) is 0.303. The summed E-state index contributed by atoms with van der Waals surface area (Å²) in [6.45, 7) is 0.476. The fourth-order valence-electron chi connectivity index (χ4n) is 3.88. The van der Waals surface area contributed by atoms with E-state index in [1.165, 1.54) is 42.5 Å². The zero-order chi connectivity index (χ0) is 33.4. The van der Waals surface area contributed by atoms with Crippen molar-refractivity contribution < 1.29 is 51.2 Å². The number of ether oxygens (including phenoxy) is 5. The molecule has 3 aromatic carbocycles. The molecule has 0 unspecified atom stereocenters. The van der Waals surface area contributed by atoms with Crippen LogP contribution in [-0.4, -0.2) is 57.1 Å². The number of alkyl halides is 3. The number of anilines is 2. The highest BCUT2D eigenvalue weighted by molar-refractivity contribution is 5.92. The fourth-order valence-corrected chi connectivity index (χ4v) is 3.88. The van der Waals surface area contributed by atoms with Gasteiger partial charge >= 0.3 is 24.1 Å². The van der Waals surface area contributed by atoms with Crippen molar-refractivity contribution in [2.75, 3.05) is 44.5 Å². The maximum Gasteiger partial charge on any atom is 0.389 e. The number of nitrogens with two attached hydrogens (primary N) is 2. The van der Waals surface area contributed by atoms with Crippen LogP contribution in [-0.2, 0) is 19.0 Å². The highest BCUT2D eigenvalue weighted by Crippen LogP contribution is 2.23. The molecule has 0 bridgehead atoms. The third kappa shape index (κ3) is 13.7. The summed E-state index contributed by atoms with van der Waals surface area (Å²) in [6.07, 6.45) is -1.20. The van der Waals surface area contributed by atoms with Crippen molar-refractivity contribution in [1.82, 2.24) is 0 Å². The molecule has 0 aromatic heterocycles. The van der Waals surface area contributed by atoms with E-state index in [1.807, 2.05) is 0 Å². The largest absolute Gasteiger partial charge is 0.494 e. The van der Waals surface area contributed by atoms with E-state index in [0.29, 0.717) is 41.3 Å². The van der Waals surface area contributed by atoms with Gasteiger partial charge in [0.05, 0.1) is 30.9 Å². The van der Waals surface area contributed by atoms with E-state index in [1.54, 1.807) is 36.4 Å². The maximum atomic E-state index is 12.5. The molecule has 0 atom stereocenters. The lowest BCUT2D eigenvalue weighted by atomic mass is 10.2. The van der Waals surface area contributed by atoms with E-state index < -0.39 is 30.5 Å². The molecule has 0 radical (unpaired) electrons.